The smallest absolute Gasteiger partial charge is 0.221 e. The van der Waals surface area contributed by atoms with E-state index in [0.29, 0.717) is 6.54 Å². The van der Waals surface area contributed by atoms with Gasteiger partial charge in [0.15, 0.2) is 0 Å². The molecule has 1 aromatic carbocycles. The van der Waals surface area contributed by atoms with E-state index in [2.05, 4.69) is 22.5 Å². The van der Waals surface area contributed by atoms with Crippen molar-refractivity contribution in [3.63, 3.8) is 0 Å². The molecule has 19 heavy (non-hydrogen) atoms. The molecule has 1 amide bonds. The average Bonchev–Trinajstić information content (AvgIpc) is 2.66. The number of rotatable bonds is 4. The van der Waals surface area contributed by atoms with Gasteiger partial charge in [-0.05, 0) is 32.0 Å². The van der Waals surface area contributed by atoms with E-state index in [9.17, 15) is 4.79 Å². The molecule has 0 fully saturated rings. The zero-order valence-electron chi connectivity index (χ0n) is 11.3. The molecule has 4 nitrogen and oxygen atoms in total. The highest BCUT2D eigenvalue weighted by Crippen LogP contribution is 2.19. The number of carbonyl (C=O) groups excluding carboxylic acids is 1. The van der Waals surface area contributed by atoms with Crippen LogP contribution in [0.2, 0.25) is 0 Å². The van der Waals surface area contributed by atoms with Crippen molar-refractivity contribution < 1.29 is 4.79 Å². The zero-order chi connectivity index (χ0) is 13.8. The van der Waals surface area contributed by atoms with Crippen LogP contribution in [0.3, 0.4) is 0 Å². The van der Waals surface area contributed by atoms with Gasteiger partial charge in [-0.1, -0.05) is 6.07 Å². The number of aryl methyl sites for hydroxylation is 2. The van der Waals surface area contributed by atoms with Gasteiger partial charge < -0.3 is 10.6 Å². The van der Waals surface area contributed by atoms with Crippen LogP contribution in [0, 0.1) is 13.8 Å². The second-order valence-electron chi connectivity index (χ2n) is 4.36. The topological polar surface area (TPSA) is 54.0 Å². The van der Waals surface area contributed by atoms with Gasteiger partial charge in [-0.3, -0.25) is 4.79 Å². The predicted molar refractivity (Wildman–Crippen MR) is 79.7 cm³/mol. The van der Waals surface area contributed by atoms with Crippen LogP contribution in [0.1, 0.15) is 22.5 Å². The largest absolute Gasteiger partial charge is 0.378 e. The molecule has 1 heterocycles. The summed E-state index contributed by atoms with van der Waals surface area (Å²) in [6, 6.07) is 7.66. The fourth-order valence-corrected chi connectivity index (χ4v) is 2.58. The Kier molecular flexibility index (Phi) is 4.16. The summed E-state index contributed by atoms with van der Waals surface area (Å²) in [6.45, 7) is 6.30. The summed E-state index contributed by atoms with van der Waals surface area (Å²) in [5.41, 5.74) is 2.86. The van der Waals surface area contributed by atoms with E-state index in [1.807, 2.05) is 31.2 Å². The van der Waals surface area contributed by atoms with Crippen molar-refractivity contribution in [1.29, 1.82) is 0 Å². The summed E-state index contributed by atoms with van der Waals surface area (Å²) in [5, 5.41) is 7.15. The third-order valence-electron chi connectivity index (χ3n) is 2.70. The lowest BCUT2D eigenvalue weighted by Crippen LogP contribution is -2.06. The number of hydrogen-bond donors (Lipinski definition) is 2. The van der Waals surface area contributed by atoms with E-state index in [1.54, 1.807) is 11.3 Å². The molecule has 0 radical (unpaired) electrons. The van der Waals surface area contributed by atoms with Crippen molar-refractivity contribution in [2.24, 2.45) is 0 Å². The maximum atomic E-state index is 11.0. The number of amides is 1. The van der Waals surface area contributed by atoms with Gasteiger partial charge in [-0.25, -0.2) is 4.98 Å². The van der Waals surface area contributed by atoms with E-state index < -0.39 is 0 Å². The molecule has 0 atom stereocenters. The zero-order valence-corrected chi connectivity index (χ0v) is 12.1. The van der Waals surface area contributed by atoms with Crippen molar-refractivity contribution in [1.82, 2.24) is 4.98 Å². The number of hydrogen-bond acceptors (Lipinski definition) is 4. The second kappa shape index (κ2) is 5.84. The summed E-state index contributed by atoms with van der Waals surface area (Å²) in [4.78, 5) is 16.7. The lowest BCUT2D eigenvalue weighted by molar-refractivity contribution is -0.114. The molecule has 0 saturated heterocycles. The van der Waals surface area contributed by atoms with E-state index >= 15 is 0 Å². The van der Waals surface area contributed by atoms with Crippen LogP contribution in [0.15, 0.2) is 24.3 Å². The van der Waals surface area contributed by atoms with Gasteiger partial charge >= 0.3 is 0 Å². The number of aromatic nitrogens is 1. The first-order valence-electron chi connectivity index (χ1n) is 6.09. The van der Waals surface area contributed by atoms with Gasteiger partial charge in [-0.2, -0.15) is 0 Å². The Hall–Kier alpha value is -1.88. The Labute approximate surface area is 116 Å². The van der Waals surface area contributed by atoms with Crippen LogP contribution in [0.5, 0.6) is 0 Å². The highest BCUT2D eigenvalue weighted by molar-refractivity contribution is 7.11. The molecular formula is C14H17N3OS. The van der Waals surface area contributed by atoms with Gasteiger partial charge in [0.2, 0.25) is 5.91 Å². The average molecular weight is 275 g/mol. The van der Waals surface area contributed by atoms with E-state index in [1.165, 1.54) is 11.8 Å². The molecule has 0 bridgehead atoms. The molecule has 0 saturated carbocycles. The van der Waals surface area contributed by atoms with Crippen LogP contribution >= 0.6 is 11.3 Å². The number of nitrogens with one attached hydrogen (secondary N) is 2. The molecule has 5 heteroatoms. The number of nitrogens with zero attached hydrogens (tertiary/aromatic N) is 1. The third kappa shape index (κ3) is 3.79. The molecular weight excluding hydrogens is 258 g/mol. The number of benzene rings is 1. The van der Waals surface area contributed by atoms with Crippen molar-refractivity contribution in [3.8, 4) is 0 Å². The normalized spacial score (nSPS) is 10.3. The Balaban J connectivity index is 2.01. The molecule has 0 unspecified atom stereocenters. The minimum absolute atomic E-state index is 0.0664. The number of carbonyl (C=O) groups is 1. The minimum atomic E-state index is -0.0664. The predicted octanol–water partition coefficient (Wildman–Crippen LogP) is 3.33. The Bertz CT molecular complexity index is 573. The fourth-order valence-electron chi connectivity index (χ4n) is 1.70. The first kappa shape index (κ1) is 13.5. The fraction of sp³-hybridized carbons (Fsp3) is 0.286. The molecule has 0 aliphatic carbocycles. The molecule has 2 N–H and O–H groups in total. The van der Waals surface area contributed by atoms with Crippen molar-refractivity contribution in [3.05, 3.63) is 39.8 Å². The summed E-state index contributed by atoms with van der Waals surface area (Å²) in [6.07, 6.45) is 0. The van der Waals surface area contributed by atoms with Gasteiger partial charge in [-0.15, -0.1) is 11.3 Å². The number of thiazole rings is 1. The second-order valence-corrected chi connectivity index (χ2v) is 5.65. The van der Waals surface area contributed by atoms with E-state index in [4.69, 9.17) is 0 Å². The summed E-state index contributed by atoms with van der Waals surface area (Å²) in [5.74, 6) is -0.0664. The summed E-state index contributed by atoms with van der Waals surface area (Å²) < 4.78 is 0. The maximum absolute atomic E-state index is 11.0. The number of anilines is 2. The Morgan fingerprint density at radius 1 is 1.32 bits per heavy atom. The highest BCUT2D eigenvalue weighted by Gasteiger charge is 2.03. The SMILES string of the molecule is CC(=O)Nc1cccc(NCc2nc(C)c(C)s2)c1. The van der Waals surface area contributed by atoms with Crippen molar-refractivity contribution >= 4 is 28.6 Å². The molecule has 2 rings (SSSR count). The molecule has 100 valence electrons. The lowest BCUT2D eigenvalue weighted by Gasteiger charge is -2.07. The van der Waals surface area contributed by atoms with Crippen molar-refractivity contribution in [2.75, 3.05) is 10.6 Å². The monoisotopic (exact) mass is 275 g/mol. The van der Waals surface area contributed by atoms with Crippen LogP contribution in [-0.2, 0) is 11.3 Å². The molecule has 0 aliphatic heterocycles. The van der Waals surface area contributed by atoms with Crippen LogP contribution < -0.4 is 10.6 Å². The van der Waals surface area contributed by atoms with Gasteiger partial charge in [0, 0.05) is 23.2 Å². The maximum Gasteiger partial charge on any atom is 0.221 e. The molecule has 1 aromatic heterocycles. The van der Waals surface area contributed by atoms with E-state index in [-0.39, 0.29) is 5.91 Å². The Morgan fingerprint density at radius 3 is 2.68 bits per heavy atom. The van der Waals surface area contributed by atoms with Gasteiger partial charge in [0.1, 0.15) is 5.01 Å². The van der Waals surface area contributed by atoms with Crippen LogP contribution in [0.4, 0.5) is 11.4 Å². The molecule has 2 aromatic rings. The van der Waals surface area contributed by atoms with Crippen LogP contribution in [-0.4, -0.2) is 10.9 Å². The standard InChI is InChI=1S/C14H17N3OS/c1-9-10(2)19-14(16-9)8-15-12-5-4-6-13(7-12)17-11(3)18/h4-7,15H,8H2,1-3H3,(H,17,18). The minimum Gasteiger partial charge on any atom is -0.378 e. The summed E-state index contributed by atoms with van der Waals surface area (Å²) in [7, 11) is 0. The van der Waals surface area contributed by atoms with Gasteiger partial charge in [0.25, 0.3) is 0 Å². The highest BCUT2D eigenvalue weighted by atomic mass is 32.1. The molecule has 0 aliphatic rings. The first-order valence-corrected chi connectivity index (χ1v) is 6.90. The van der Waals surface area contributed by atoms with Crippen LogP contribution in [0.25, 0.3) is 0 Å². The Morgan fingerprint density at radius 2 is 2.05 bits per heavy atom. The van der Waals surface area contributed by atoms with Gasteiger partial charge in [0.05, 0.1) is 12.2 Å². The summed E-state index contributed by atoms with van der Waals surface area (Å²) >= 11 is 1.71. The first-order chi connectivity index (χ1) is 9.04. The lowest BCUT2D eigenvalue weighted by atomic mass is 10.2. The quantitative estimate of drug-likeness (QED) is 0.900. The van der Waals surface area contributed by atoms with Crippen molar-refractivity contribution in [2.45, 2.75) is 27.3 Å². The molecule has 0 spiro atoms. The third-order valence-corrected chi connectivity index (χ3v) is 3.77. The van der Waals surface area contributed by atoms with E-state index in [0.717, 1.165) is 22.1 Å².